The third kappa shape index (κ3) is 2.88. The summed E-state index contributed by atoms with van der Waals surface area (Å²) in [5.74, 6) is -0.119. The summed E-state index contributed by atoms with van der Waals surface area (Å²) in [4.78, 5) is 22.6. The average Bonchev–Trinajstić information content (AvgIpc) is 2.83. The number of hydrogen-bond acceptors (Lipinski definition) is 6. The van der Waals surface area contributed by atoms with Gasteiger partial charge >= 0.3 is 12.1 Å². The molecule has 2 aliphatic rings. The minimum absolute atomic E-state index is 0.00579. The first-order valence-electron chi connectivity index (χ1n) is 5.65. The van der Waals surface area contributed by atoms with E-state index in [2.05, 4.69) is 0 Å². The Morgan fingerprint density at radius 1 is 1.47 bits per heavy atom. The van der Waals surface area contributed by atoms with Gasteiger partial charge in [-0.1, -0.05) is 0 Å². The average molecular weight is 244 g/mol. The SMILES string of the molecule is CC1(C(=O)OCC2CCOC2)COC(=O)OC1. The van der Waals surface area contributed by atoms with Gasteiger partial charge in [0.25, 0.3) is 0 Å². The summed E-state index contributed by atoms with van der Waals surface area (Å²) in [7, 11) is 0. The summed E-state index contributed by atoms with van der Waals surface area (Å²) in [5.41, 5.74) is -0.895. The molecule has 0 spiro atoms. The lowest BCUT2D eigenvalue weighted by Gasteiger charge is -2.30. The highest BCUT2D eigenvalue weighted by Gasteiger charge is 2.42. The van der Waals surface area contributed by atoms with E-state index in [-0.39, 0.29) is 19.1 Å². The molecule has 6 heteroatoms. The fourth-order valence-corrected chi connectivity index (χ4v) is 1.72. The summed E-state index contributed by atoms with van der Waals surface area (Å²) < 4.78 is 19.8. The van der Waals surface area contributed by atoms with E-state index in [1.807, 2.05) is 0 Å². The van der Waals surface area contributed by atoms with Crippen LogP contribution in [0, 0.1) is 11.3 Å². The molecule has 6 nitrogen and oxygen atoms in total. The number of ether oxygens (including phenoxy) is 4. The number of carbonyl (C=O) groups is 2. The highest BCUT2D eigenvalue weighted by molar-refractivity contribution is 5.78. The van der Waals surface area contributed by atoms with Gasteiger partial charge < -0.3 is 18.9 Å². The third-order valence-corrected chi connectivity index (χ3v) is 2.98. The molecule has 2 fully saturated rings. The molecule has 2 saturated heterocycles. The molecule has 0 aliphatic carbocycles. The molecule has 0 aromatic carbocycles. The van der Waals surface area contributed by atoms with Crippen LogP contribution in [-0.4, -0.2) is 45.2 Å². The van der Waals surface area contributed by atoms with E-state index in [0.717, 1.165) is 13.0 Å². The maximum absolute atomic E-state index is 11.8. The van der Waals surface area contributed by atoms with E-state index >= 15 is 0 Å². The van der Waals surface area contributed by atoms with E-state index in [4.69, 9.17) is 18.9 Å². The van der Waals surface area contributed by atoms with Crippen LogP contribution in [0.3, 0.4) is 0 Å². The molecule has 17 heavy (non-hydrogen) atoms. The number of carbonyl (C=O) groups excluding carboxylic acids is 2. The highest BCUT2D eigenvalue weighted by atomic mass is 16.7. The van der Waals surface area contributed by atoms with Gasteiger partial charge in [-0.25, -0.2) is 4.79 Å². The quantitative estimate of drug-likeness (QED) is 0.682. The molecule has 1 atom stereocenters. The molecule has 0 N–H and O–H groups in total. The topological polar surface area (TPSA) is 71.1 Å². The Morgan fingerprint density at radius 3 is 2.76 bits per heavy atom. The van der Waals surface area contributed by atoms with Crippen LogP contribution in [0.4, 0.5) is 4.79 Å². The van der Waals surface area contributed by atoms with E-state index in [1.165, 1.54) is 0 Å². The van der Waals surface area contributed by atoms with Gasteiger partial charge in [0.15, 0.2) is 0 Å². The van der Waals surface area contributed by atoms with Crippen LogP contribution in [0.1, 0.15) is 13.3 Å². The molecule has 2 aliphatic heterocycles. The summed E-state index contributed by atoms with van der Waals surface area (Å²) in [5, 5.41) is 0. The molecule has 0 bridgehead atoms. The second-order valence-electron chi connectivity index (χ2n) is 4.72. The predicted octanol–water partition coefficient (Wildman–Crippen LogP) is 0.739. The highest BCUT2D eigenvalue weighted by Crippen LogP contribution is 2.25. The molecule has 2 heterocycles. The van der Waals surface area contributed by atoms with Crippen molar-refractivity contribution in [1.29, 1.82) is 0 Å². The van der Waals surface area contributed by atoms with Crippen LogP contribution in [0.2, 0.25) is 0 Å². The van der Waals surface area contributed by atoms with Crippen molar-refractivity contribution in [3.8, 4) is 0 Å². The number of cyclic esters (lactones) is 2. The normalized spacial score (nSPS) is 27.1. The van der Waals surface area contributed by atoms with E-state index in [0.29, 0.717) is 13.2 Å². The first-order chi connectivity index (χ1) is 8.10. The third-order valence-electron chi connectivity index (χ3n) is 2.98. The maximum Gasteiger partial charge on any atom is 0.508 e. The second-order valence-corrected chi connectivity index (χ2v) is 4.72. The van der Waals surface area contributed by atoms with Crippen LogP contribution >= 0.6 is 0 Å². The van der Waals surface area contributed by atoms with Gasteiger partial charge in [0, 0.05) is 12.5 Å². The van der Waals surface area contributed by atoms with Crippen molar-refractivity contribution < 1.29 is 28.5 Å². The van der Waals surface area contributed by atoms with Crippen LogP contribution in [0.25, 0.3) is 0 Å². The van der Waals surface area contributed by atoms with Gasteiger partial charge in [0.1, 0.15) is 18.6 Å². The molecule has 0 radical (unpaired) electrons. The summed E-state index contributed by atoms with van der Waals surface area (Å²) in [6.45, 7) is 3.38. The molecule has 1 unspecified atom stereocenters. The summed E-state index contributed by atoms with van der Waals surface area (Å²) >= 11 is 0. The van der Waals surface area contributed by atoms with E-state index < -0.39 is 17.5 Å². The van der Waals surface area contributed by atoms with Gasteiger partial charge in [-0.05, 0) is 13.3 Å². The Labute approximate surface area is 99.2 Å². The monoisotopic (exact) mass is 244 g/mol. The number of esters is 1. The lowest BCUT2D eigenvalue weighted by Crippen LogP contribution is -2.44. The fraction of sp³-hybridized carbons (Fsp3) is 0.818. The summed E-state index contributed by atoms with van der Waals surface area (Å²) in [6.07, 6.45) is 0.176. The van der Waals surface area contributed by atoms with Crippen molar-refractivity contribution in [2.45, 2.75) is 13.3 Å². The molecular weight excluding hydrogens is 228 g/mol. The second kappa shape index (κ2) is 4.91. The smallest absolute Gasteiger partial charge is 0.465 e. The standard InChI is InChI=1S/C11H16O6/c1-11(6-16-10(13)17-7-11)9(12)15-5-8-2-3-14-4-8/h8H,2-7H2,1H3. The Hall–Kier alpha value is -1.30. The van der Waals surface area contributed by atoms with E-state index in [1.54, 1.807) is 6.92 Å². The zero-order valence-electron chi connectivity index (χ0n) is 9.77. The van der Waals surface area contributed by atoms with Crippen LogP contribution in [-0.2, 0) is 23.7 Å². The molecule has 0 aromatic rings. The van der Waals surface area contributed by atoms with Crippen molar-refractivity contribution in [3.05, 3.63) is 0 Å². The van der Waals surface area contributed by atoms with Gasteiger partial charge in [-0.15, -0.1) is 0 Å². The van der Waals surface area contributed by atoms with Crippen LogP contribution in [0.5, 0.6) is 0 Å². The Balaban J connectivity index is 1.79. The number of hydrogen-bond donors (Lipinski definition) is 0. The van der Waals surface area contributed by atoms with Crippen molar-refractivity contribution in [2.24, 2.45) is 11.3 Å². The molecule has 0 saturated carbocycles. The van der Waals surface area contributed by atoms with Gasteiger partial charge in [-0.3, -0.25) is 4.79 Å². The Morgan fingerprint density at radius 2 is 2.18 bits per heavy atom. The molecular formula is C11H16O6. The van der Waals surface area contributed by atoms with Crippen LogP contribution in [0.15, 0.2) is 0 Å². The van der Waals surface area contributed by atoms with Crippen molar-refractivity contribution in [1.82, 2.24) is 0 Å². The first kappa shape index (κ1) is 12.2. The number of rotatable bonds is 3. The van der Waals surface area contributed by atoms with Crippen molar-refractivity contribution in [3.63, 3.8) is 0 Å². The predicted molar refractivity (Wildman–Crippen MR) is 55.3 cm³/mol. The van der Waals surface area contributed by atoms with Gasteiger partial charge in [0.2, 0.25) is 0 Å². The van der Waals surface area contributed by atoms with Gasteiger partial charge in [-0.2, -0.15) is 0 Å². The lowest BCUT2D eigenvalue weighted by atomic mass is 9.92. The zero-order chi connectivity index (χ0) is 12.3. The molecule has 96 valence electrons. The molecule has 2 rings (SSSR count). The van der Waals surface area contributed by atoms with Crippen molar-refractivity contribution in [2.75, 3.05) is 33.0 Å². The first-order valence-corrected chi connectivity index (χ1v) is 5.65. The Bertz CT molecular complexity index is 297. The maximum atomic E-state index is 11.8. The van der Waals surface area contributed by atoms with Crippen molar-refractivity contribution >= 4 is 12.1 Å². The zero-order valence-corrected chi connectivity index (χ0v) is 9.77. The molecule has 0 amide bonds. The lowest BCUT2D eigenvalue weighted by molar-refractivity contribution is -0.167. The minimum atomic E-state index is -0.895. The Kier molecular flexibility index (Phi) is 3.51. The molecule has 0 aromatic heterocycles. The minimum Gasteiger partial charge on any atom is -0.465 e. The summed E-state index contributed by atoms with van der Waals surface area (Å²) in [6, 6.07) is 0. The van der Waals surface area contributed by atoms with Crippen LogP contribution < -0.4 is 0 Å². The largest absolute Gasteiger partial charge is 0.508 e. The fourth-order valence-electron chi connectivity index (χ4n) is 1.72. The van der Waals surface area contributed by atoms with Gasteiger partial charge in [0.05, 0.1) is 13.2 Å². The van der Waals surface area contributed by atoms with E-state index in [9.17, 15) is 9.59 Å².